The van der Waals surface area contributed by atoms with Crippen LogP contribution in [0.1, 0.15) is 0 Å². The van der Waals surface area contributed by atoms with E-state index in [0.717, 1.165) is 11.3 Å². The van der Waals surface area contributed by atoms with Crippen LogP contribution in [0, 0.1) is 0 Å². The molecule has 0 fully saturated rings. The van der Waals surface area contributed by atoms with Gasteiger partial charge < -0.3 is 5.73 Å². The van der Waals surface area contributed by atoms with E-state index in [4.69, 9.17) is 5.73 Å². The van der Waals surface area contributed by atoms with E-state index < -0.39 is 5.69 Å². The summed E-state index contributed by atoms with van der Waals surface area (Å²) in [6, 6.07) is 0. The summed E-state index contributed by atoms with van der Waals surface area (Å²) in [4.78, 5) is 16.8. The maximum Gasteiger partial charge on any atom is 0.370 e. The normalized spacial score (nSPS) is 9.00. The smallest absolute Gasteiger partial charge is 0.370 e. The Hall–Kier alpha value is -0.970. The minimum absolute atomic E-state index is 0.255. The van der Waals surface area contributed by atoms with Crippen LogP contribution in [0.25, 0.3) is 0 Å². The van der Waals surface area contributed by atoms with Crippen molar-refractivity contribution in [1.29, 1.82) is 0 Å². The predicted molar refractivity (Wildman–Crippen MR) is 30.6 cm³/mol. The molecule has 0 unspecified atom stereocenters. The van der Waals surface area contributed by atoms with Crippen LogP contribution in [0.15, 0.2) is 10.3 Å². The summed E-state index contributed by atoms with van der Waals surface area (Å²) >= 11 is 1.14. The Kier molecular flexibility index (Phi) is 1.21. The molecule has 42 valence electrons. The molecule has 5 heteroatoms. The maximum absolute atomic E-state index is 10.2. The number of aromatic nitrogens is 2. The van der Waals surface area contributed by atoms with Crippen molar-refractivity contribution in [1.82, 2.24) is 9.97 Å². The molecule has 0 radical (unpaired) electrons. The molecule has 0 aromatic carbocycles. The van der Waals surface area contributed by atoms with E-state index in [0.29, 0.717) is 0 Å². The van der Waals surface area contributed by atoms with Crippen molar-refractivity contribution in [2.24, 2.45) is 0 Å². The van der Waals surface area contributed by atoms with Crippen molar-refractivity contribution < 1.29 is 0 Å². The third-order valence-electron chi connectivity index (χ3n) is 0.542. The van der Waals surface area contributed by atoms with E-state index in [2.05, 4.69) is 9.97 Å². The van der Waals surface area contributed by atoms with E-state index in [1.165, 1.54) is 5.51 Å². The summed E-state index contributed by atoms with van der Waals surface area (Å²) in [6.07, 6.45) is 0. The molecule has 1 heterocycles. The standard InChI is InChI=1S/C3H3N3OS/c4-2-6-3(7)5-1-8-2/h1H,(H2,4,6,7). The second kappa shape index (κ2) is 1.87. The molecule has 1 aromatic rings. The van der Waals surface area contributed by atoms with Crippen LogP contribution in [0.5, 0.6) is 0 Å². The molecule has 2 N–H and O–H groups in total. The fraction of sp³-hybridized carbons (Fsp3) is 0. The number of hydrogen-bond donors (Lipinski definition) is 1. The Morgan fingerprint density at radius 2 is 2.50 bits per heavy atom. The van der Waals surface area contributed by atoms with Crippen LogP contribution in [-0.2, 0) is 0 Å². The predicted octanol–water partition coefficient (Wildman–Crippen LogP) is -0.520. The minimum Gasteiger partial charge on any atom is -0.375 e. The van der Waals surface area contributed by atoms with Gasteiger partial charge in [-0.25, -0.2) is 4.79 Å². The number of rotatable bonds is 0. The van der Waals surface area contributed by atoms with Gasteiger partial charge in [-0.1, -0.05) is 11.3 Å². The van der Waals surface area contributed by atoms with Gasteiger partial charge in [0.15, 0.2) is 5.13 Å². The highest BCUT2D eigenvalue weighted by molar-refractivity contribution is 7.12. The van der Waals surface area contributed by atoms with E-state index in [9.17, 15) is 4.79 Å². The Morgan fingerprint density at radius 1 is 1.75 bits per heavy atom. The highest BCUT2D eigenvalue weighted by Crippen LogP contribution is 1.95. The third kappa shape index (κ3) is 1.00. The first-order valence-corrected chi connectivity index (χ1v) is 2.74. The molecule has 1 rings (SSSR count). The Labute approximate surface area is 49.0 Å². The SMILES string of the molecule is Nc1nc(=O)ncs1. The molecule has 4 nitrogen and oxygen atoms in total. The summed E-state index contributed by atoms with van der Waals surface area (Å²) in [5.41, 5.74) is 5.97. The highest BCUT2D eigenvalue weighted by Gasteiger charge is 1.84. The molecule has 0 atom stereocenters. The summed E-state index contributed by atoms with van der Waals surface area (Å²) in [5, 5.41) is 0.255. The second-order valence-corrected chi connectivity index (χ2v) is 1.95. The largest absolute Gasteiger partial charge is 0.375 e. The monoisotopic (exact) mass is 129 g/mol. The van der Waals surface area contributed by atoms with E-state index in [-0.39, 0.29) is 5.13 Å². The average Bonchev–Trinajstić information content (AvgIpc) is 1.64. The van der Waals surface area contributed by atoms with Crippen LogP contribution in [0.4, 0.5) is 5.13 Å². The van der Waals surface area contributed by atoms with Crippen molar-refractivity contribution >= 4 is 16.5 Å². The van der Waals surface area contributed by atoms with Gasteiger partial charge in [0, 0.05) is 0 Å². The third-order valence-corrected chi connectivity index (χ3v) is 1.09. The quantitative estimate of drug-likeness (QED) is 0.511. The zero-order chi connectivity index (χ0) is 5.98. The first-order valence-electron chi connectivity index (χ1n) is 1.86. The van der Waals surface area contributed by atoms with Gasteiger partial charge >= 0.3 is 5.69 Å². The lowest BCUT2D eigenvalue weighted by Crippen LogP contribution is -2.08. The van der Waals surface area contributed by atoms with E-state index in [1.807, 2.05) is 0 Å². The van der Waals surface area contributed by atoms with Gasteiger partial charge in [-0.2, -0.15) is 9.97 Å². The van der Waals surface area contributed by atoms with Gasteiger partial charge in [0.25, 0.3) is 0 Å². The van der Waals surface area contributed by atoms with Crippen LogP contribution < -0.4 is 11.4 Å². The Balaban J connectivity index is 3.28. The fourth-order valence-electron chi connectivity index (χ4n) is 0.275. The van der Waals surface area contributed by atoms with Crippen molar-refractivity contribution in [3.05, 3.63) is 16.0 Å². The molecule has 0 amide bonds. The molecule has 0 saturated heterocycles. The Morgan fingerprint density at radius 3 is 2.88 bits per heavy atom. The van der Waals surface area contributed by atoms with Crippen LogP contribution >= 0.6 is 11.3 Å². The highest BCUT2D eigenvalue weighted by atomic mass is 32.1. The lowest BCUT2D eigenvalue weighted by molar-refractivity contribution is 1.12. The topological polar surface area (TPSA) is 68.9 Å². The number of nitrogens with zero attached hydrogens (tertiary/aromatic N) is 2. The van der Waals surface area contributed by atoms with Crippen molar-refractivity contribution in [2.45, 2.75) is 0 Å². The van der Waals surface area contributed by atoms with Gasteiger partial charge in [0.1, 0.15) is 0 Å². The van der Waals surface area contributed by atoms with Gasteiger partial charge in [-0.15, -0.1) is 0 Å². The minimum atomic E-state index is -0.527. The lowest BCUT2D eigenvalue weighted by Gasteiger charge is -1.80. The molecule has 0 spiro atoms. The number of hydrogen-bond acceptors (Lipinski definition) is 5. The van der Waals surface area contributed by atoms with Crippen molar-refractivity contribution in [2.75, 3.05) is 5.73 Å². The van der Waals surface area contributed by atoms with Gasteiger partial charge in [0.2, 0.25) is 0 Å². The zero-order valence-corrected chi connectivity index (χ0v) is 4.68. The zero-order valence-electron chi connectivity index (χ0n) is 3.87. The number of nitrogen functional groups attached to an aromatic ring is 1. The van der Waals surface area contributed by atoms with Crippen LogP contribution in [0.2, 0.25) is 0 Å². The molecule has 1 aromatic heterocycles. The fourth-order valence-corrected chi connectivity index (χ4v) is 0.657. The van der Waals surface area contributed by atoms with Gasteiger partial charge in [0.05, 0.1) is 5.51 Å². The van der Waals surface area contributed by atoms with Crippen molar-refractivity contribution in [3.8, 4) is 0 Å². The van der Waals surface area contributed by atoms with Crippen molar-refractivity contribution in [3.63, 3.8) is 0 Å². The van der Waals surface area contributed by atoms with Crippen LogP contribution in [0.3, 0.4) is 0 Å². The molecular weight excluding hydrogens is 126 g/mol. The molecule has 0 saturated carbocycles. The first-order chi connectivity index (χ1) is 3.79. The molecule has 0 aliphatic rings. The molecule has 8 heavy (non-hydrogen) atoms. The summed E-state index contributed by atoms with van der Waals surface area (Å²) in [5.74, 6) is 0. The van der Waals surface area contributed by atoms with Crippen LogP contribution in [-0.4, -0.2) is 9.97 Å². The van der Waals surface area contributed by atoms with Gasteiger partial charge in [-0.05, 0) is 0 Å². The second-order valence-electron chi connectivity index (χ2n) is 1.08. The maximum atomic E-state index is 10.2. The Bertz CT molecular complexity index is 232. The van der Waals surface area contributed by atoms with E-state index >= 15 is 0 Å². The summed E-state index contributed by atoms with van der Waals surface area (Å²) in [6.45, 7) is 0. The molecule has 0 bridgehead atoms. The summed E-state index contributed by atoms with van der Waals surface area (Å²) < 4.78 is 0. The number of nitrogens with two attached hydrogens (primary N) is 1. The molecular formula is C3H3N3OS. The lowest BCUT2D eigenvalue weighted by atomic mass is 11.1. The van der Waals surface area contributed by atoms with E-state index in [1.54, 1.807) is 0 Å². The molecule has 0 aliphatic carbocycles. The first kappa shape index (κ1) is 5.17. The average molecular weight is 129 g/mol. The number of anilines is 1. The van der Waals surface area contributed by atoms with Gasteiger partial charge in [-0.3, -0.25) is 0 Å². The molecule has 0 aliphatic heterocycles. The summed E-state index contributed by atoms with van der Waals surface area (Å²) in [7, 11) is 0.